The van der Waals surface area contributed by atoms with Gasteiger partial charge >= 0.3 is 0 Å². The first-order chi connectivity index (χ1) is 3.92. The zero-order chi connectivity index (χ0) is 7.49. The minimum atomic E-state index is -0.440. The number of nitrogens with two attached hydrogens (primary N) is 1. The van der Waals surface area contributed by atoms with Crippen LogP contribution >= 0.6 is 0 Å². The second-order valence-electron chi connectivity index (χ2n) is 2.86. The molecule has 0 amide bonds. The van der Waals surface area contributed by atoms with Crippen molar-refractivity contribution in [1.82, 2.24) is 4.90 Å². The van der Waals surface area contributed by atoms with Crippen LogP contribution in [-0.4, -0.2) is 31.0 Å². The summed E-state index contributed by atoms with van der Waals surface area (Å²) in [6.45, 7) is 3.71. The van der Waals surface area contributed by atoms with Gasteiger partial charge in [0.05, 0.1) is 6.34 Å². The molecule has 54 valence electrons. The lowest BCUT2D eigenvalue weighted by molar-refractivity contribution is 0.533. The van der Waals surface area contributed by atoms with Crippen LogP contribution in [0.15, 0.2) is 4.99 Å². The molecule has 0 aliphatic carbocycles. The number of hydrogen-bond donors (Lipinski definition) is 1. The van der Waals surface area contributed by atoms with E-state index in [0.29, 0.717) is 0 Å². The van der Waals surface area contributed by atoms with Gasteiger partial charge in [-0.25, -0.2) is 0 Å². The molecule has 0 bridgehead atoms. The van der Waals surface area contributed by atoms with E-state index < -0.39 is 5.66 Å². The summed E-state index contributed by atoms with van der Waals surface area (Å²) >= 11 is 0. The van der Waals surface area contributed by atoms with Crippen molar-refractivity contribution >= 4 is 6.34 Å². The second kappa shape index (κ2) is 2.82. The van der Waals surface area contributed by atoms with Crippen LogP contribution < -0.4 is 5.73 Å². The fraction of sp³-hybridized carbons (Fsp3) is 0.833. The van der Waals surface area contributed by atoms with Gasteiger partial charge in [-0.3, -0.25) is 4.99 Å². The number of nitrogens with zero attached hydrogens (tertiary/aromatic N) is 2. The standard InChI is InChI=1S/C6H15N3/c1-6(2,7)8-5-9(3)4/h5H,7H2,1-4H3. The summed E-state index contributed by atoms with van der Waals surface area (Å²) in [5, 5.41) is 0. The molecule has 3 heteroatoms. The van der Waals surface area contributed by atoms with Crippen molar-refractivity contribution in [2.24, 2.45) is 10.7 Å². The highest BCUT2D eigenvalue weighted by atomic mass is 15.1. The molecule has 0 aliphatic rings. The Kier molecular flexibility index (Phi) is 2.65. The minimum Gasteiger partial charge on any atom is -0.369 e. The molecule has 0 fully saturated rings. The van der Waals surface area contributed by atoms with E-state index in [1.165, 1.54) is 0 Å². The Hall–Kier alpha value is -0.570. The maximum atomic E-state index is 5.56. The third-order valence-electron chi connectivity index (χ3n) is 0.621. The molecule has 0 aliphatic heterocycles. The van der Waals surface area contributed by atoms with Gasteiger partial charge in [0.25, 0.3) is 0 Å². The summed E-state index contributed by atoms with van der Waals surface area (Å²) in [7, 11) is 3.82. The normalized spacial score (nSPS) is 12.6. The molecule has 0 aromatic heterocycles. The lowest BCUT2D eigenvalue weighted by Crippen LogP contribution is -2.30. The smallest absolute Gasteiger partial charge is 0.104 e. The van der Waals surface area contributed by atoms with Crippen LogP contribution in [0, 0.1) is 0 Å². The van der Waals surface area contributed by atoms with Crippen LogP contribution in [0.3, 0.4) is 0 Å². The Morgan fingerprint density at radius 2 is 1.89 bits per heavy atom. The summed E-state index contributed by atoms with van der Waals surface area (Å²) in [6, 6.07) is 0. The molecule has 0 spiro atoms. The lowest BCUT2D eigenvalue weighted by Gasteiger charge is -2.13. The van der Waals surface area contributed by atoms with Gasteiger partial charge in [-0.05, 0) is 13.8 Å². The molecular weight excluding hydrogens is 114 g/mol. The summed E-state index contributed by atoms with van der Waals surface area (Å²) in [5.41, 5.74) is 5.12. The van der Waals surface area contributed by atoms with E-state index in [9.17, 15) is 0 Å². The molecule has 0 radical (unpaired) electrons. The van der Waals surface area contributed by atoms with Crippen LogP contribution in [-0.2, 0) is 0 Å². The molecule has 9 heavy (non-hydrogen) atoms. The van der Waals surface area contributed by atoms with Gasteiger partial charge in [-0.15, -0.1) is 0 Å². The van der Waals surface area contributed by atoms with E-state index in [1.54, 1.807) is 6.34 Å². The predicted octanol–water partition coefficient (Wildman–Crippen LogP) is 0.271. The van der Waals surface area contributed by atoms with Gasteiger partial charge in [0.2, 0.25) is 0 Å². The number of hydrogen-bond acceptors (Lipinski definition) is 2. The monoisotopic (exact) mass is 129 g/mol. The van der Waals surface area contributed by atoms with Gasteiger partial charge < -0.3 is 10.6 Å². The molecule has 0 rings (SSSR count). The van der Waals surface area contributed by atoms with E-state index >= 15 is 0 Å². The van der Waals surface area contributed by atoms with Crippen molar-refractivity contribution in [2.75, 3.05) is 14.1 Å². The van der Waals surface area contributed by atoms with Gasteiger partial charge in [0, 0.05) is 14.1 Å². The van der Waals surface area contributed by atoms with Crippen LogP contribution in [0.25, 0.3) is 0 Å². The molecule has 0 unspecified atom stereocenters. The van der Waals surface area contributed by atoms with Crippen molar-refractivity contribution in [3.8, 4) is 0 Å². The highest BCUT2D eigenvalue weighted by Crippen LogP contribution is 1.95. The first kappa shape index (κ1) is 8.43. The summed E-state index contributed by atoms with van der Waals surface area (Å²) < 4.78 is 0. The van der Waals surface area contributed by atoms with Gasteiger partial charge in [0.1, 0.15) is 5.66 Å². The average molecular weight is 129 g/mol. The largest absolute Gasteiger partial charge is 0.369 e. The van der Waals surface area contributed by atoms with Crippen molar-refractivity contribution in [3.63, 3.8) is 0 Å². The van der Waals surface area contributed by atoms with E-state index in [0.717, 1.165) is 0 Å². The highest BCUT2D eigenvalue weighted by molar-refractivity contribution is 5.54. The Morgan fingerprint density at radius 3 is 2.00 bits per heavy atom. The molecule has 0 atom stereocenters. The van der Waals surface area contributed by atoms with Crippen LogP contribution in [0.2, 0.25) is 0 Å². The molecule has 0 saturated heterocycles. The quantitative estimate of drug-likeness (QED) is 0.429. The highest BCUT2D eigenvalue weighted by Gasteiger charge is 2.04. The van der Waals surface area contributed by atoms with Crippen molar-refractivity contribution in [3.05, 3.63) is 0 Å². The Morgan fingerprint density at radius 1 is 1.44 bits per heavy atom. The van der Waals surface area contributed by atoms with Crippen molar-refractivity contribution in [2.45, 2.75) is 19.5 Å². The van der Waals surface area contributed by atoms with E-state index in [1.807, 2.05) is 32.8 Å². The fourth-order valence-corrected chi connectivity index (χ4v) is 0.264. The van der Waals surface area contributed by atoms with Gasteiger partial charge in [-0.2, -0.15) is 0 Å². The lowest BCUT2D eigenvalue weighted by atomic mass is 10.3. The Labute approximate surface area is 56.6 Å². The van der Waals surface area contributed by atoms with Crippen molar-refractivity contribution < 1.29 is 0 Å². The van der Waals surface area contributed by atoms with Gasteiger partial charge in [-0.1, -0.05) is 0 Å². The van der Waals surface area contributed by atoms with E-state index in [2.05, 4.69) is 4.99 Å². The van der Waals surface area contributed by atoms with Gasteiger partial charge in [0.15, 0.2) is 0 Å². The molecule has 3 nitrogen and oxygen atoms in total. The predicted molar refractivity (Wildman–Crippen MR) is 40.4 cm³/mol. The zero-order valence-corrected chi connectivity index (χ0v) is 6.55. The van der Waals surface area contributed by atoms with E-state index in [-0.39, 0.29) is 0 Å². The molecular formula is C6H15N3. The molecule has 0 aromatic carbocycles. The summed E-state index contributed by atoms with van der Waals surface area (Å²) in [5.74, 6) is 0. The molecule has 0 saturated carbocycles. The van der Waals surface area contributed by atoms with Crippen LogP contribution in [0.5, 0.6) is 0 Å². The minimum absolute atomic E-state index is 0.440. The summed E-state index contributed by atoms with van der Waals surface area (Å²) in [4.78, 5) is 5.89. The van der Waals surface area contributed by atoms with Crippen LogP contribution in [0.4, 0.5) is 0 Å². The summed E-state index contributed by atoms with van der Waals surface area (Å²) in [6.07, 6.45) is 1.71. The molecule has 0 heterocycles. The van der Waals surface area contributed by atoms with Crippen molar-refractivity contribution in [1.29, 1.82) is 0 Å². The third kappa shape index (κ3) is 7.43. The average Bonchev–Trinajstić information content (AvgIpc) is 1.59. The Balaban J connectivity index is 3.71. The first-order valence-electron chi connectivity index (χ1n) is 2.92. The third-order valence-corrected chi connectivity index (χ3v) is 0.621. The van der Waals surface area contributed by atoms with E-state index in [4.69, 9.17) is 5.73 Å². The number of aliphatic imine (C=N–C) groups is 1. The SMILES string of the molecule is CN(C)C=NC(C)(C)N. The molecule has 0 aromatic rings. The molecule has 2 N–H and O–H groups in total. The first-order valence-corrected chi connectivity index (χ1v) is 2.92. The second-order valence-corrected chi connectivity index (χ2v) is 2.86. The Bertz CT molecular complexity index is 99.4. The topological polar surface area (TPSA) is 41.6 Å². The maximum absolute atomic E-state index is 5.56. The maximum Gasteiger partial charge on any atom is 0.104 e. The zero-order valence-electron chi connectivity index (χ0n) is 6.55. The number of rotatable bonds is 2. The van der Waals surface area contributed by atoms with Crippen LogP contribution in [0.1, 0.15) is 13.8 Å². The fourth-order valence-electron chi connectivity index (χ4n) is 0.264.